The maximum Gasteiger partial charge on any atom is 0.294 e. The van der Waals surface area contributed by atoms with Gasteiger partial charge < -0.3 is 15.2 Å². The zero-order valence-corrected chi connectivity index (χ0v) is 11.8. The van der Waals surface area contributed by atoms with Crippen molar-refractivity contribution in [3.05, 3.63) is 33.9 Å². The zero-order chi connectivity index (χ0) is 15.3. The van der Waals surface area contributed by atoms with Crippen LogP contribution in [0.3, 0.4) is 0 Å². The third-order valence-electron chi connectivity index (χ3n) is 2.83. The molecule has 1 aromatic rings. The molecule has 1 aromatic carbocycles. The molecule has 110 valence electrons. The summed E-state index contributed by atoms with van der Waals surface area (Å²) in [4.78, 5) is 26.0. The fourth-order valence-corrected chi connectivity index (χ4v) is 1.61. The van der Waals surface area contributed by atoms with Gasteiger partial charge in [0.25, 0.3) is 11.6 Å². The Bertz CT molecular complexity index is 504. The number of nitro benzene ring substituents is 1. The van der Waals surface area contributed by atoms with Crippen molar-refractivity contribution in [3.8, 4) is 0 Å². The van der Waals surface area contributed by atoms with Gasteiger partial charge in [-0.3, -0.25) is 20.8 Å². The topological polar surface area (TPSA) is 105 Å². The number of amides is 1. The minimum absolute atomic E-state index is 0.169. The van der Waals surface area contributed by atoms with Crippen molar-refractivity contribution in [2.45, 2.75) is 0 Å². The summed E-state index contributed by atoms with van der Waals surface area (Å²) in [5.41, 5.74) is 2.45. The van der Waals surface area contributed by atoms with E-state index in [-0.39, 0.29) is 22.8 Å². The van der Waals surface area contributed by atoms with Gasteiger partial charge in [0.2, 0.25) is 0 Å². The van der Waals surface area contributed by atoms with Gasteiger partial charge in [0.15, 0.2) is 0 Å². The van der Waals surface area contributed by atoms with Crippen LogP contribution in [0.5, 0.6) is 0 Å². The number of nitrogens with one attached hydrogen (secondary N) is 1. The Morgan fingerprint density at radius 3 is 2.50 bits per heavy atom. The van der Waals surface area contributed by atoms with Crippen LogP contribution in [0.2, 0.25) is 0 Å². The van der Waals surface area contributed by atoms with Gasteiger partial charge in [-0.25, -0.2) is 0 Å². The van der Waals surface area contributed by atoms with E-state index >= 15 is 0 Å². The molecule has 0 spiro atoms. The van der Waals surface area contributed by atoms with E-state index in [2.05, 4.69) is 5.43 Å². The molecule has 0 fully saturated rings. The molecule has 0 saturated heterocycles. The molecule has 0 bridgehead atoms. The lowest BCUT2D eigenvalue weighted by atomic mass is 10.1. The van der Waals surface area contributed by atoms with Gasteiger partial charge in [-0.05, 0) is 26.2 Å². The first-order valence-electron chi connectivity index (χ1n) is 6.02. The molecule has 8 heteroatoms. The van der Waals surface area contributed by atoms with Gasteiger partial charge in [-0.2, -0.15) is 0 Å². The lowest BCUT2D eigenvalue weighted by Crippen LogP contribution is -2.33. The largest absolute Gasteiger partial charge is 0.340 e. The van der Waals surface area contributed by atoms with Gasteiger partial charge in [0.05, 0.1) is 4.92 Å². The highest BCUT2D eigenvalue weighted by atomic mass is 16.6. The number of likely N-dealkylation sites (N-methyl/N-ethyl adjacent to an activating group) is 2. The van der Waals surface area contributed by atoms with Crippen LogP contribution in [-0.4, -0.2) is 54.9 Å². The number of hydrogen-bond donors (Lipinski definition) is 2. The summed E-state index contributed by atoms with van der Waals surface area (Å²) < 4.78 is 0. The molecule has 0 saturated carbocycles. The molecule has 1 amide bonds. The summed E-state index contributed by atoms with van der Waals surface area (Å²) >= 11 is 0. The number of carbonyl (C=O) groups is 1. The van der Waals surface area contributed by atoms with Crippen LogP contribution in [0.1, 0.15) is 10.4 Å². The molecular weight excluding hydrogens is 262 g/mol. The molecule has 0 aliphatic rings. The van der Waals surface area contributed by atoms with Crippen LogP contribution >= 0.6 is 0 Å². The van der Waals surface area contributed by atoms with Crippen molar-refractivity contribution in [3.63, 3.8) is 0 Å². The molecule has 0 aromatic heterocycles. The van der Waals surface area contributed by atoms with Gasteiger partial charge in [-0.1, -0.05) is 0 Å². The van der Waals surface area contributed by atoms with Crippen molar-refractivity contribution in [2.24, 2.45) is 5.84 Å². The SMILES string of the molecule is CN(C)CCN(C)C(=O)c1ccc(NN)c([N+](=O)[O-])c1. The van der Waals surface area contributed by atoms with Crippen molar-refractivity contribution in [1.82, 2.24) is 9.80 Å². The second-order valence-electron chi connectivity index (χ2n) is 4.66. The zero-order valence-electron chi connectivity index (χ0n) is 11.8. The molecule has 0 aliphatic heterocycles. The lowest BCUT2D eigenvalue weighted by Gasteiger charge is -2.19. The molecule has 0 atom stereocenters. The van der Waals surface area contributed by atoms with E-state index in [4.69, 9.17) is 5.84 Å². The van der Waals surface area contributed by atoms with Gasteiger partial charge in [0, 0.05) is 31.8 Å². The predicted molar refractivity (Wildman–Crippen MR) is 76.4 cm³/mol. The van der Waals surface area contributed by atoms with Crippen LogP contribution in [-0.2, 0) is 0 Å². The quantitative estimate of drug-likeness (QED) is 0.447. The third-order valence-corrected chi connectivity index (χ3v) is 2.83. The second kappa shape index (κ2) is 6.83. The van der Waals surface area contributed by atoms with E-state index in [1.807, 2.05) is 19.0 Å². The highest BCUT2D eigenvalue weighted by Crippen LogP contribution is 2.25. The predicted octanol–water partition coefficient (Wildman–Crippen LogP) is 0.514. The fraction of sp³-hybridized carbons (Fsp3) is 0.417. The number of nitrogen functional groups attached to an aromatic ring is 1. The first kappa shape index (κ1) is 15.9. The lowest BCUT2D eigenvalue weighted by molar-refractivity contribution is -0.384. The van der Waals surface area contributed by atoms with E-state index in [0.29, 0.717) is 13.1 Å². The molecule has 0 aliphatic carbocycles. The van der Waals surface area contributed by atoms with Crippen LogP contribution in [0.4, 0.5) is 11.4 Å². The van der Waals surface area contributed by atoms with Crippen molar-refractivity contribution < 1.29 is 9.72 Å². The van der Waals surface area contributed by atoms with Crippen molar-refractivity contribution >= 4 is 17.3 Å². The third kappa shape index (κ3) is 3.90. The molecule has 20 heavy (non-hydrogen) atoms. The minimum Gasteiger partial charge on any atom is -0.340 e. The Morgan fingerprint density at radius 1 is 1.35 bits per heavy atom. The van der Waals surface area contributed by atoms with Crippen molar-refractivity contribution in [1.29, 1.82) is 0 Å². The van der Waals surface area contributed by atoms with Crippen LogP contribution in [0.15, 0.2) is 18.2 Å². The standard InChI is InChI=1S/C12H19N5O3/c1-15(2)6-7-16(3)12(18)9-4-5-10(14-13)11(8-9)17(19)20/h4-5,8,14H,6-7,13H2,1-3H3. The molecule has 0 heterocycles. The summed E-state index contributed by atoms with van der Waals surface area (Å²) in [6.07, 6.45) is 0. The average molecular weight is 281 g/mol. The second-order valence-corrected chi connectivity index (χ2v) is 4.66. The van der Waals surface area contributed by atoms with E-state index < -0.39 is 4.92 Å². The Kier molecular flexibility index (Phi) is 5.42. The van der Waals surface area contributed by atoms with Crippen LogP contribution in [0.25, 0.3) is 0 Å². The van der Waals surface area contributed by atoms with E-state index in [0.717, 1.165) is 0 Å². The molecule has 8 nitrogen and oxygen atoms in total. The number of hydrazine groups is 1. The maximum absolute atomic E-state index is 12.2. The number of benzene rings is 1. The number of nitrogens with two attached hydrogens (primary N) is 1. The molecule has 3 N–H and O–H groups in total. The van der Waals surface area contributed by atoms with E-state index in [9.17, 15) is 14.9 Å². The van der Waals surface area contributed by atoms with Gasteiger partial charge in [0.1, 0.15) is 5.69 Å². The van der Waals surface area contributed by atoms with Gasteiger partial charge in [-0.15, -0.1) is 0 Å². The highest BCUT2D eigenvalue weighted by molar-refractivity contribution is 5.95. The van der Waals surface area contributed by atoms with Crippen molar-refractivity contribution in [2.75, 3.05) is 39.7 Å². The molecule has 1 rings (SSSR count). The normalized spacial score (nSPS) is 10.4. The number of nitro groups is 1. The summed E-state index contributed by atoms with van der Waals surface area (Å²) in [6, 6.07) is 4.16. The monoisotopic (exact) mass is 281 g/mol. The molecule has 0 radical (unpaired) electrons. The number of carbonyl (C=O) groups excluding carboxylic acids is 1. The average Bonchev–Trinajstić information content (AvgIpc) is 2.42. The molecule has 0 unspecified atom stereocenters. The number of rotatable bonds is 6. The summed E-state index contributed by atoms with van der Waals surface area (Å²) in [5, 5.41) is 10.9. The number of hydrogen-bond acceptors (Lipinski definition) is 6. The summed E-state index contributed by atoms with van der Waals surface area (Å²) in [7, 11) is 5.47. The first-order chi connectivity index (χ1) is 9.36. The maximum atomic E-state index is 12.2. The Balaban J connectivity index is 2.93. The van der Waals surface area contributed by atoms with E-state index in [1.165, 1.54) is 23.1 Å². The van der Waals surface area contributed by atoms with Crippen LogP contribution < -0.4 is 11.3 Å². The Hall–Kier alpha value is -2.19. The van der Waals surface area contributed by atoms with E-state index in [1.54, 1.807) is 7.05 Å². The fourth-order valence-electron chi connectivity index (χ4n) is 1.61. The van der Waals surface area contributed by atoms with Crippen LogP contribution in [0, 0.1) is 10.1 Å². The number of anilines is 1. The Morgan fingerprint density at radius 2 is 2.00 bits per heavy atom. The smallest absolute Gasteiger partial charge is 0.294 e. The first-order valence-corrected chi connectivity index (χ1v) is 6.02. The Labute approximate surface area is 117 Å². The minimum atomic E-state index is -0.578. The summed E-state index contributed by atoms with van der Waals surface area (Å²) in [6.45, 7) is 1.25. The highest BCUT2D eigenvalue weighted by Gasteiger charge is 2.19. The summed E-state index contributed by atoms with van der Waals surface area (Å²) in [5.74, 6) is 4.93. The molecular formula is C12H19N5O3. The van der Waals surface area contributed by atoms with Gasteiger partial charge >= 0.3 is 0 Å². The number of nitrogens with zero attached hydrogens (tertiary/aromatic N) is 3.